The van der Waals surface area contributed by atoms with Gasteiger partial charge in [-0.05, 0) is 35.9 Å². The van der Waals surface area contributed by atoms with E-state index in [1.807, 2.05) is 36.2 Å². The third kappa shape index (κ3) is 3.46. The average molecular weight is 280 g/mol. The zero-order valence-corrected chi connectivity index (χ0v) is 11.4. The molecular weight excluding hydrogens is 265 g/mol. The maximum absolute atomic E-state index is 13.1. The highest BCUT2D eigenvalue weighted by Gasteiger charge is 2.08. The average Bonchev–Trinajstić information content (AvgIpc) is 2.41. The van der Waals surface area contributed by atoms with Gasteiger partial charge in [0.05, 0.1) is 6.61 Å². The van der Waals surface area contributed by atoms with E-state index in [0.29, 0.717) is 17.1 Å². The van der Waals surface area contributed by atoms with Gasteiger partial charge in [-0.2, -0.15) is 0 Å². The van der Waals surface area contributed by atoms with Crippen molar-refractivity contribution < 1.29 is 9.50 Å². The highest BCUT2D eigenvalue weighted by atomic mass is 35.5. The van der Waals surface area contributed by atoms with E-state index >= 15 is 0 Å². The van der Waals surface area contributed by atoms with Crippen molar-refractivity contribution in [3.05, 3.63) is 64.4 Å². The summed E-state index contributed by atoms with van der Waals surface area (Å²) in [7, 11) is 1.90. The fraction of sp³-hybridized carbons (Fsp3) is 0.200. The summed E-state index contributed by atoms with van der Waals surface area (Å²) in [6.45, 7) is 0.480. The number of halogens is 2. The number of anilines is 1. The lowest BCUT2D eigenvalue weighted by atomic mass is 10.1. The molecule has 2 rings (SSSR count). The fourth-order valence-corrected chi connectivity index (χ4v) is 2.13. The topological polar surface area (TPSA) is 23.5 Å². The second-order valence-electron chi connectivity index (χ2n) is 4.41. The predicted molar refractivity (Wildman–Crippen MR) is 75.9 cm³/mol. The molecule has 0 amide bonds. The second-order valence-corrected chi connectivity index (χ2v) is 4.85. The molecule has 2 aromatic rings. The van der Waals surface area contributed by atoms with Gasteiger partial charge in [-0.25, -0.2) is 4.39 Å². The summed E-state index contributed by atoms with van der Waals surface area (Å²) in [5.41, 5.74) is 2.50. The lowest BCUT2D eigenvalue weighted by molar-refractivity contribution is 0.281. The minimum atomic E-state index is -0.340. The van der Waals surface area contributed by atoms with Gasteiger partial charge in [-0.1, -0.05) is 23.7 Å². The molecule has 1 N–H and O–H groups in total. The van der Waals surface area contributed by atoms with Gasteiger partial charge in [-0.15, -0.1) is 0 Å². The molecular formula is C15H15ClFNO. The number of benzene rings is 2. The van der Waals surface area contributed by atoms with Crippen LogP contribution in [0.4, 0.5) is 10.1 Å². The maximum Gasteiger partial charge on any atom is 0.123 e. The van der Waals surface area contributed by atoms with Crippen LogP contribution in [0.25, 0.3) is 0 Å². The van der Waals surface area contributed by atoms with Crippen LogP contribution in [0.5, 0.6) is 0 Å². The SMILES string of the molecule is CN(Cc1ccc(Cl)cc1)c1ccc(F)cc1CO. The molecule has 0 spiro atoms. The van der Waals surface area contributed by atoms with Crippen molar-refractivity contribution in [3.8, 4) is 0 Å². The van der Waals surface area contributed by atoms with Crippen LogP contribution in [0.15, 0.2) is 42.5 Å². The number of hydrogen-bond donors (Lipinski definition) is 1. The minimum Gasteiger partial charge on any atom is -0.392 e. The van der Waals surface area contributed by atoms with E-state index in [2.05, 4.69) is 0 Å². The summed E-state index contributed by atoms with van der Waals surface area (Å²) in [5, 5.41) is 9.98. The van der Waals surface area contributed by atoms with Crippen molar-refractivity contribution in [2.24, 2.45) is 0 Å². The smallest absolute Gasteiger partial charge is 0.123 e. The molecule has 0 aliphatic carbocycles. The molecule has 0 bridgehead atoms. The van der Waals surface area contributed by atoms with E-state index < -0.39 is 0 Å². The van der Waals surface area contributed by atoms with Crippen LogP contribution in [0.1, 0.15) is 11.1 Å². The molecule has 19 heavy (non-hydrogen) atoms. The van der Waals surface area contributed by atoms with Gasteiger partial charge in [0.2, 0.25) is 0 Å². The van der Waals surface area contributed by atoms with Crippen molar-refractivity contribution in [1.29, 1.82) is 0 Å². The van der Waals surface area contributed by atoms with Crippen LogP contribution in [-0.2, 0) is 13.2 Å². The summed E-state index contributed by atoms with van der Waals surface area (Å²) in [6, 6.07) is 12.0. The van der Waals surface area contributed by atoms with Crippen LogP contribution in [0, 0.1) is 5.82 Å². The molecule has 0 aromatic heterocycles. The van der Waals surface area contributed by atoms with E-state index in [0.717, 1.165) is 11.3 Å². The van der Waals surface area contributed by atoms with Crippen molar-refractivity contribution in [2.45, 2.75) is 13.2 Å². The Labute approximate surface area is 117 Å². The van der Waals surface area contributed by atoms with Gasteiger partial charge in [0, 0.05) is 29.9 Å². The van der Waals surface area contributed by atoms with Crippen LogP contribution < -0.4 is 4.90 Å². The Morgan fingerprint density at radius 2 is 1.84 bits per heavy atom. The molecule has 4 heteroatoms. The Kier molecular flexibility index (Phi) is 4.40. The summed E-state index contributed by atoms with van der Waals surface area (Å²) >= 11 is 5.84. The maximum atomic E-state index is 13.1. The first-order valence-corrected chi connectivity index (χ1v) is 6.33. The molecule has 0 atom stereocenters. The summed E-state index contributed by atoms with van der Waals surface area (Å²) in [6.07, 6.45) is 0. The Morgan fingerprint density at radius 3 is 2.47 bits per heavy atom. The van der Waals surface area contributed by atoms with Gasteiger partial charge < -0.3 is 10.0 Å². The van der Waals surface area contributed by atoms with E-state index in [9.17, 15) is 9.50 Å². The first kappa shape index (κ1) is 13.8. The van der Waals surface area contributed by atoms with Crippen molar-refractivity contribution in [3.63, 3.8) is 0 Å². The van der Waals surface area contributed by atoms with Crippen LogP contribution in [0.2, 0.25) is 5.02 Å². The molecule has 0 aliphatic rings. The molecule has 0 saturated heterocycles. The van der Waals surface area contributed by atoms with Crippen molar-refractivity contribution in [1.82, 2.24) is 0 Å². The zero-order valence-electron chi connectivity index (χ0n) is 10.6. The summed E-state index contributed by atoms with van der Waals surface area (Å²) in [5.74, 6) is -0.340. The van der Waals surface area contributed by atoms with Gasteiger partial charge in [0.15, 0.2) is 0 Å². The second kappa shape index (κ2) is 6.04. The number of nitrogens with zero attached hydrogens (tertiary/aromatic N) is 1. The largest absolute Gasteiger partial charge is 0.392 e. The normalized spacial score (nSPS) is 10.5. The molecule has 0 fully saturated rings. The highest BCUT2D eigenvalue weighted by molar-refractivity contribution is 6.30. The molecule has 0 heterocycles. The van der Waals surface area contributed by atoms with E-state index in [-0.39, 0.29) is 12.4 Å². The third-order valence-electron chi connectivity index (χ3n) is 2.96. The lowest BCUT2D eigenvalue weighted by Crippen LogP contribution is -2.18. The summed E-state index contributed by atoms with van der Waals surface area (Å²) < 4.78 is 13.1. The fourth-order valence-electron chi connectivity index (χ4n) is 2.00. The third-order valence-corrected chi connectivity index (χ3v) is 3.21. The van der Waals surface area contributed by atoms with Gasteiger partial charge in [-0.3, -0.25) is 0 Å². The van der Waals surface area contributed by atoms with Crippen molar-refractivity contribution in [2.75, 3.05) is 11.9 Å². The van der Waals surface area contributed by atoms with Crippen LogP contribution in [-0.4, -0.2) is 12.2 Å². The molecule has 0 unspecified atom stereocenters. The molecule has 0 aliphatic heterocycles. The predicted octanol–water partition coefficient (Wildman–Crippen LogP) is 3.61. The highest BCUT2D eigenvalue weighted by Crippen LogP contribution is 2.22. The Balaban J connectivity index is 2.19. The van der Waals surface area contributed by atoms with E-state index in [1.165, 1.54) is 12.1 Å². The summed E-state index contributed by atoms with van der Waals surface area (Å²) in [4.78, 5) is 1.97. The molecule has 100 valence electrons. The zero-order chi connectivity index (χ0) is 13.8. The molecule has 2 nitrogen and oxygen atoms in total. The first-order chi connectivity index (χ1) is 9.10. The minimum absolute atomic E-state index is 0.182. The van der Waals surface area contributed by atoms with Gasteiger partial charge in [0.25, 0.3) is 0 Å². The molecule has 2 aromatic carbocycles. The van der Waals surface area contributed by atoms with E-state index in [1.54, 1.807) is 6.07 Å². The number of hydrogen-bond acceptors (Lipinski definition) is 2. The number of rotatable bonds is 4. The van der Waals surface area contributed by atoms with Gasteiger partial charge in [0.1, 0.15) is 5.82 Å². The monoisotopic (exact) mass is 279 g/mol. The lowest BCUT2D eigenvalue weighted by Gasteiger charge is -2.22. The van der Waals surface area contributed by atoms with Crippen LogP contribution in [0.3, 0.4) is 0 Å². The Hall–Kier alpha value is -1.58. The van der Waals surface area contributed by atoms with Crippen molar-refractivity contribution >= 4 is 17.3 Å². The number of aliphatic hydroxyl groups is 1. The Morgan fingerprint density at radius 1 is 1.16 bits per heavy atom. The molecule has 0 radical (unpaired) electrons. The van der Waals surface area contributed by atoms with E-state index in [4.69, 9.17) is 11.6 Å². The molecule has 0 saturated carbocycles. The quantitative estimate of drug-likeness (QED) is 0.924. The standard InChI is InChI=1S/C15H15ClFNO/c1-18(9-11-2-4-13(16)5-3-11)15-7-6-14(17)8-12(15)10-19/h2-8,19H,9-10H2,1H3. The Bertz CT molecular complexity index is 557. The van der Waals surface area contributed by atoms with Crippen LogP contribution >= 0.6 is 11.6 Å². The first-order valence-electron chi connectivity index (χ1n) is 5.95. The van der Waals surface area contributed by atoms with Gasteiger partial charge >= 0.3 is 0 Å². The number of aliphatic hydroxyl groups excluding tert-OH is 1.